The molecule has 0 spiro atoms. The van der Waals surface area contributed by atoms with Gasteiger partial charge in [0.05, 0.1) is 29.8 Å². The lowest BCUT2D eigenvalue weighted by molar-refractivity contribution is -0.143. The highest BCUT2D eigenvalue weighted by molar-refractivity contribution is 5.90. The maximum absolute atomic E-state index is 13.6. The molecule has 2 N–H and O–H groups in total. The van der Waals surface area contributed by atoms with Crippen LogP contribution in [-0.2, 0) is 26.8 Å². The van der Waals surface area contributed by atoms with Gasteiger partial charge in [-0.2, -0.15) is 13.2 Å². The van der Waals surface area contributed by atoms with Gasteiger partial charge in [0.1, 0.15) is 5.69 Å². The highest BCUT2D eigenvalue weighted by Gasteiger charge is 2.37. The number of nitrogens with zero attached hydrogens (tertiary/aromatic N) is 7. The number of rotatable bonds is 4. The molecule has 0 saturated heterocycles. The van der Waals surface area contributed by atoms with E-state index >= 15 is 0 Å². The fourth-order valence-electron chi connectivity index (χ4n) is 4.12. The second kappa shape index (κ2) is 8.22. The lowest BCUT2D eigenvalue weighted by atomic mass is 10.0. The van der Waals surface area contributed by atoms with Crippen LogP contribution in [0.3, 0.4) is 0 Å². The molecular formula is C23H19F3N8O2. The van der Waals surface area contributed by atoms with Gasteiger partial charge in [0.25, 0.3) is 0 Å². The first-order chi connectivity index (χ1) is 17.1. The summed E-state index contributed by atoms with van der Waals surface area (Å²) in [5.41, 5.74) is 5.81. The summed E-state index contributed by atoms with van der Waals surface area (Å²) in [6, 6.07) is 11.9. The van der Waals surface area contributed by atoms with Crippen LogP contribution < -0.4 is 17.0 Å². The van der Waals surface area contributed by atoms with Crippen molar-refractivity contribution in [2.45, 2.75) is 12.7 Å². The fraction of sp³-hybridized carbons (Fsp3) is 0.174. The Morgan fingerprint density at radius 1 is 0.972 bits per heavy atom. The summed E-state index contributed by atoms with van der Waals surface area (Å²) in [7, 11) is 2.79. The topological polar surface area (TPSA) is 118 Å². The molecule has 4 aromatic heterocycles. The number of nitrogen functional groups attached to an aromatic ring is 1. The van der Waals surface area contributed by atoms with Crippen LogP contribution in [-0.4, -0.2) is 33.3 Å². The molecule has 0 saturated carbocycles. The van der Waals surface area contributed by atoms with E-state index in [-0.39, 0.29) is 22.8 Å². The van der Waals surface area contributed by atoms with Gasteiger partial charge in [-0.3, -0.25) is 4.79 Å². The van der Waals surface area contributed by atoms with Crippen LogP contribution in [0.25, 0.3) is 28.0 Å². The van der Waals surface area contributed by atoms with Gasteiger partial charge in [0.2, 0.25) is 11.5 Å². The van der Waals surface area contributed by atoms with Crippen molar-refractivity contribution in [1.82, 2.24) is 33.3 Å². The molecule has 4 heterocycles. The van der Waals surface area contributed by atoms with Gasteiger partial charge in [-0.25, -0.2) is 23.8 Å². The van der Waals surface area contributed by atoms with Crippen LogP contribution in [0.4, 0.5) is 19.1 Å². The smallest absolute Gasteiger partial charge is 0.369 e. The maximum atomic E-state index is 13.6. The number of alkyl halides is 3. The Balaban J connectivity index is 1.80. The molecule has 0 radical (unpaired) electrons. The molecule has 13 heteroatoms. The van der Waals surface area contributed by atoms with Gasteiger partial charge in [-0.1, -0.05) is 30.3 Å². The Labute approximate surface area is 200 Å². The van der Waals surface area contributed by atoms with Crippen molar-refractivity contribution >= 4 is 11.6 Å². The molecule has 0 bridgehead atoms. The number of fused-ring (bicyclic) bond motifs is 1. The third-order valence-electron chi connectivity index (χ3n) is 5.76. The molecule has 0 aliphatic heterocycles. The SMILES string of the molecule is Cn1cnc(Cn2nc3c(-c4ccc(=O)n(C)c4)c(-c4ccccc4)nc(N)n3c2=O)c1C(F)(F)F. The van der Waals surface area contributed by atoms with Crippen molar-refractivity contribution in [1.29, 1.82) is 0 Å². The summed E-state index contributed by atoms with van der Waals surface area (Å²) < 4.78 is 44.8. The number of aryl methyl sites for hydroxylation is 2. The summed E-state index contributed by atoms with van der Waals surface area (Å²) in [4.78, 5) is 33.5. The molecule has 0 aliphatic carbocycles. The predicted molar refractivity (Wildman–Crippen MR) is 125 cm³/mol. The molecule has 36 heavy (non-hydrogen) atoms. The number of hydrogen-bond acceptors (Lipinski definition) is 6. The van der Waals surface area contributed by atoms with Gasteiger partial charge in [-0.15, -0.1) is 5.10 Å². The molecule has 0 unspecified atom stereocenters. The standard InChI is InChI=1S/C23H19F3N8O2/c1-31-10-14(8-9-16(31)35)17-18(13-6-4-3-5-7-13)29-21(27)34-20(17)30-33(22(34)36)11-15-19(23(24,25)26)32(2)12-28-15/h3-10,12H,11H2,1-2H3,(H2,27,29). The first-order valence-electron chi connectivity index (χ1n) is 10.6. The lowest BCUT2D eigenvalue weighted by Crippen LogP contribution is -2.25. The molecule has 5 rings (SSSR count). The third-order valence-corrected chi connectivity index (χ3v) is 5.76. The van der Waals surface area contributed by atoms with E-state index in [2.05, 4.69) is 15.1 Å². The third kappa shape index (κ3) is 3.74. The zero-order valence-corrected chi connectivity index (χ0v) is 19.1. The highest BCUT2D eigenvalue weighted by Crippen LogP contribution is 2.34. The number of hydrogen-bond donors (Lipinski definition) is 1. The second-order valence-corrected chi connectivity index (χ2v) is 8.17. The van der Waals surface area contributed by atoms with Gasteiger partial charge < -0.3 is 14.9 Å². The normalized spacial score (nSPS) is 11.9. The Morgan fingerprint density at radius 2 is 1.69 bits per heavy atom. The fourth-order valence-corrected chi connectivity index (χ4v) is 4.12. The van der Waals surface area contributed by atoms with Gasteiger partial charge in [0, 0.05) is 37.5 Å². The van der Waals surface area contributed by atoms with Crippen molar-refractivity contribution in [3.63, 3.8) is 0 Å². The van der Waals surface area contributed by atoms with Crippen molar-refractivity contribution in [3.05, 3.63) is 87.2 Å². The summed E-state index contributed by atoms with van der Waals surface area (Å²) >= 11 is 0. The summed E-state index contributed by atoms with van der Waals surface area (Å²) in [6.45, 7) is -0.539. The number of benzene rings is 1. The van der Waals surface area contributed by atoms with Gasteiger partial charge in [0.15, 0.2) is 5.65 Å². The van der Waals surface area contributed by atoms with Crippen molar-refractivity contribution in [2.75, 3.05) is 5.73 Å². The van der Waals surface area contributed by atoms with Gasteiger partial charge in [-0.05, 0) is 6.07 Å². The quantitative estimate of drug-likeness (QED) is 0.408. The van der Waals surface area contributed by atoms with Crippen LogP contribution in [0, 0.1) is 0 Å². The average Bonchev–Trinajstić information content (AvgIpc) is 3.36. The van der Waals surface area contributed by atoms with Crippen molar-refractivity contribution < 1.29 is 13.2 Å². The molecule has 0 amide bonds. The number of pyridine rings is 1. The Bertz CT molecular complexity index is 1730. The minimum atomic E-state index is -4.68. The predicted octanol–water partition coefficient (Wildman–Crippen LogP) is 2.31. The van der Waals surface area contributed by atoms with Crippen LogP contribution in [0.15, 0.2) is 64.6 Å². The zero-order valence-electron chi connectivity index (χ0n) is 19.1. The molecule has 184 valence electrons. The first-order valence-corrected chi connectivity index (χ1v) is 10.6. The molecule has 0 fully saturated rings. The molecule has 10 nitrogen and oxygen atoms in total. The molecular weight excluding hydrogens is 477 g/mol. The van der Waals surface area contributed by atoms with Gasteiger partial charge >= 0.3 is 11.9 Å². The van der Waals surface area contributed by atoms with Crippen LogP contribution in [0.5, 0.6) is 0 Å². The number of nitrogens with two attached hydrogens (primary N) is 1. The number of halogens is 3. The van der Waals surface area contributed by atoms with E-state index in [1.165, 1.54) is 17.7 Å². The van der Waals surface area contributed by atoms with E-state index in [1.54, 1.807) is 43.6 Å². The van der Waals surface area contributed by atoms with E-state index in [4.69, 9.17) is 5.73 Å². The van der Waals surface area contributed by atoms with E-state index in [0.29, 0.717) is 22.4 Å². The summed E-state index contributed by atoms with van der Waals surface area (Å²) in [5, 5.41) is 4.36. The minimum absolute atomic E-state index is 0.0782. The summed E-state index contributed by atoms with van der Waals surface area (Å²) in [6.07, 6.45) is -2.09. The first kappa shape index (κ1) is 23.1. The molecule has 1 aromatic carbocycles. The average molecular weight is 496 g/mol. The van der Waals surface area contributed by atoms with Crippen LogP contribution >= 0.6 is 0 Å². The van der Waals surface area contributed by atoms with E-state index < -0.39 is 24.1 Å². The molecule has 0 atom stereocenters. The number of imidazole rings is 1. The van der Waals surface area contributed by atoms with Crippen LogP contribution in [0.2, 0.25) is 0 Å². The molecule has 0 aliphatic rings. The lowest BCUT2D eigenvalue weighted by Gasteiger charge is -2.12. The van der Waals surface area contributed by atoms with Crippen LogP contribution in [0.1, 0.15) is 11.4 Å². The Hall–Kier alpha value is -4.68. The number of aromatic nitrogens is 7. The largest absolute Gasteiger partial charge is 0.433 e. The molecule has 5 aromatic rings. The second-order valence-electron chi connectivity index (χ2n) is 8.17. The van der Waals surface area contributed by atoms with Crippen molar-refractivity contribution in [2.24, 2.45) is 14.1 Å². The van der Waals surface area contributed by atoms with E-state index in [0.717, 1.165) is 20.0 Å². The zero-order chi connectivity index (χ0) is 25.8. The maximum Gasteiger partial charge on any atom is 0.433 e. The Morgan fingerprint density at radius 3 is 2.36 bits per heavy atom. The number of anilines is 1. The highest BCUT2D eigenvalue weighted by atomic mass is 19.4. The van der Waals surface area contributed by atoms with E-state index in [9.17, 15) is 22.8 Å². The van der Waals surface area contributed by atoms with E-state index in [1.807, 2.05) is 6.07 Å². The monoisotopic (exact) mass is 496 g/mol. The van der Waals surface area contributed by atoms with Crippen molar-refractivity contribution in [3.8, 4) is 22.4 Å². The Kier molecular flexibility index (Phi) is 5.27. The summed E-state index contributed by atoms with van der Waals surface area (Å²) in [5.74, 6) is -0.189. The minimum Gasteiger partial charge on any atom is -0.369 e.